The summed E-state index contributed by atoms with van der Waals surface area (Å²) in [6.45, 7) is 5.32. The summed E-state index contributed by atoms with van der Waals surface area (Å²) < 4.78 is 30.7. The molecule has 0 bridgehead atoms. The largest absolute Gasteiger partial charge is 0.493 e. The number of hydrogen-bond acceptors (Lipinski definition) is 7. The Morgan fingerprint density at radius 2 is 1.74 bits per heavy atom. The monoisotopic (exact) mass is 591 g/mol. The van der Waals surface area contributed by atoms with Gasteiger partial charge >= 0.3 is 0 Å². The molecule has 1 aliphatic carbocycles. The summed E-state index contributed by atoms with van der Waals surface area (Å²) in [4.78, 5) is 39.1. The van der Waals surface area contributed by atoms with Gasteiger partial charge in [-0.25, -0.2) is 4.39 Å². The van der Waals surface area contributed by atoms with Gasteiger partial charge in [0.15, 0.2) is 11.5 Å². The number of nitrogens with one attached hydrogen (secondary N) is 3. The van der Waals surface area contributed by atoms with E-state index in [1.807, 2.05) is 19.9 Å². The molecular weight excluding hydrogens is 553 g/mol. The standard InChI is InChI=1S/C33H38FN3O6/c1-18(2)30(33(40)35-17-20-8-7-9-22(34)14-20)37-26-13-11-23-24(16-27(26)39)25(36-19(3)38)12-10-21-15-28(41-4)31(42-5)32(43-6)29(21)23/h7-9,11,13-16,18,25,30H,10,12,17H2,1-6H3,(H,35,40)(H,36,38)(H,37,39)/t25-,30-/m0/s1. The molecule has 10 heteroatoms. The number of methoxy groups -OCH3 is 3. The van der Waals surface area contributed by atoms with Gasteiger partial charge in [-0.15, -0.1) is 0 Å². The van der Waals surface area contributed by atoms with Crippen molar-refractivity contribution in [1.29, 1.82) is 0 Å². The normalized spacial score (nSPS) is 14.5. The van der Waals surface area contributed by atoms with Crippen LogP contribution in [0.3, 0.4) is 0 Å². The Morgan fingerprint density at radius 3 is 2.37 bits per heavy atom. The number of halogens is 1. The molecule has 0 heterocycles. The van der Waals surface area contributed by atoms with E-state index in [-0.39, 0.29) is 41.2 Å². The van der Waals surface area contributed by atoms with E-state index in [1.165, 1.54) is 39.3 Å². The van der Waals surface area contributed by atoms with E-state index in [0.29, 0.717) is 46.8 Å². The van der Waals surface area contributed by atoms with Crippen LogP contribution < -0.4 is 35.6 Å². The molecule has 2 amide bonds. The molecule has 0 saturated heterocycles. The number of rotatable bonds is 10. The average Bonchev–Trinajstić information content (AvgIpc) is 3.21. The Labute approximate surface area is 250 Å². The summed E-state index contributed by atoms with van der Waals surface area (Å²) in [5.41, 5.74) is 3.45. The molecule has 4 rings (SSSR count). The number of aryl methyl sites for hydroxylation is 1. The highest BCUT2D eigenvalue weighted by molar-refractivity contribution is 5.86. The third kappa shape index (κ3) is 6.90. The fourth-order valence-electron chi connectivity index (χ4n) is 5.48. The molecule has 3 N–H and O–H groups in total. The smallest absolute Gasteiger partial charge is 0.243 e. The van der Waals surface area contributed by atoms with Crippen LogP contribution in [-0.4, -0.2) is 39.2 Å². The predicted octanol–water partition coefficient (Wildman–Crippen LogP) is 4.76. The molecule has 43 heavy (non-hydrogen) atoms. The van der Waals surface area contributed by atoms with Gasteiger partial charge in [-0.05, 0) is 71.3 Å². The first-order valence-electron chi connectivity index (χ1n) is 14.1. The minimum atomic E-state index is -0.749. The van der Waals surface area contributed by atoms with Crippen molar-refractivity contribution in [2.75, 3.05) is 26.6 Å². The minimum Gasteiger partial charge on any atom is -0.493 e. The SMILES string of the molecule is COc1cc2c(c(OC)c1OC)-c1ccc(N[C@H](C(=O)NCc3cccc(F)c3)C(C)C)c(=O)cc1[C@@H](NC(C)=O)CC2. The lowest BCUT2D eigenvalue weighted by molar-refractivity contribution is -0.123. The maximum absolute atomic E-state index is 13.7. The Kier molecular flexibility index (Phi) is 9.90. The lowest BCUT2D eigenvalue weighted by atomic mass is 9.95. The van der Waals surface area contributed by atoms with Crippen molar-refractivity contribution in [2.45, 2.75) is 52.2 Å². The highest BCUT2D eigenvalue weighted by Crippen LogP contribution is 2.50. The zero-order valence-electron chi connectivity index (χ0n) is 25.3. The molecule has 1 aliphatic rings. The highest BCUT2D eigenvalue weighted by atomic mass is 19.1. The van der Waals surface area contributed by atoms with Gasteiger partial charge in [0.25, 0.3) is 0 Å². The topological polar surface area (TPSA) is 115 Å². The van der Waals surface area contributed by atoms with E-state index in [0.717, 1.165) is 11.1 Å². The van der Waals surface area contributed by atoms with E-state index >= 15 is 0 Å². The zero-order valence-corrected chi connectivity index (χ0v) is 25.3. The van der Waals surface area contributed by atoms with E-state index in [4.69, 9.17) is 14.2 Å². The number of fused-ring (bicyclic) bond motifs is 3. The molecule has 9 nitrogen and oxygen atoms in total. The van der Waals surface area contributed by atoms with Gasteiger partial charge in [0.05, 0.1) is 33.1 Å². The number of hydrogen-bond donors (Lipinski definition) is 3. The first-order chi connectivity index (χ1) is 20.6. The van der Waals surface area contributed by atoms with Crippen LogP contribution >= 0.6 is 0 Å². The van der Waals surface area contributed by atoms with Crippen LogP contribution in [0.5, 0.6) is 17.2 Å². The van der Waals surface area contributed by atoms with Crippen LogP contribution in [-0.2, 0) is 22.6 Å². The van der Waals surface area contributed by atoms with Crippen molar-refractivity contribution in [3.63, 3.8) is 0 Å². The lowest BCUT2D eigenvalue weighted by Crippen LogP contribution is -2.43. The first kappa shape index (κ1) is 31.3. The van der Waals surface area contributed by atoms with Crippen molar-refractivity contribution in [1.82, 2.24) is 10.6 Å². The molecule has 3 aromatic carbocycles. The molecule has 0 aliphatic heterocycles. The fraction of sp³-hybridized carbons (Fsp3) is 0.364. The van der Waals surface area contributed by atoms with E-state index in [2.05, 4.69) is 16.0 Å². The van der Waals surface area contributed by atoms with E-state index in [1.54, 1.807) is 31.4 Å². The Balaban J connectivity index is 1.79. The summed E-state index contributed by atoms with van der Waals surface area (Å²) in [6.07, 6.45) is 1.11. The number of benzene rings is 2. The molecule has 0 unspecified atom stereocenters. The second-order valence-electron chi connectivity index (χ2n) is 10.8. The molecule has 0 radical (unpaired) electrons. The van der Waals surface area contributed by atoms with Gasteiger partial charge in [0.2, 0.25) is 23.0 Å². The Bertz CT molecular complexity index is 1580. The van der Waals surface area contributed by atoms with Gasteiger partial charge in [0.1, 0.15) is 11.9 Å². The summed E-state index contributed by atoms with van der Waals surface area (Å²) in [5, 5.41) is 8.97. The molecule has 0 fully saturated rings. The van der Waals surface area contributed by atoms with Crippen molar-refractivity contribution in [2.24, 2.45) is 5.92 Å². The number of carbonyl (C=O) groups excluding carboxylic acids is 2. The highest BCUT2D eigenvalue weighted by Gasteiger charge is 2.30. The van der Waals surface area contributed by atoms with Crippen LogP contribution in [0.4, 0.5) is 10.1 Å². The quantitative estimate of drug-likeness (QED) is 0.312. The van der Waals surface area contributed by atoms with Crippen LogP contribution in [0.15, 0.2) is 53.3 Å². The lowest BCUT2D eigenvalue weighted by Gasteiger charge is -2.22. The molecule has 0 aromatic heterocycles. The van der Waals surface area contributed by atoms with Crippen molar-refractivity contribution in [3.8, 4) is 28.4 Å². The van der Waals surface area contributed by atoms with Gasteiger partial charge in [-0.1, -0.05) is 32.0 Å². The van der Waals surface area contributed by atoms with Crippen LogP contribution in [0, 0.1) is 11.7 Å². The minimum absolute atomic E-state index is 0.142. The molecule has 0 spiro atoms. The molecule has 2 atom stereocenters. The van der Waals surface area contributed by atoms with Gasteiger partial charge < -0.3 is 30.2 Å². The maximum Gasteiger partial charge on any atom is 0.243 e. The Morgan fingerprint density at radius 1 is 1.00 bits per heavy atom. The van der Waals surface area contributed by atoms with Crippen LogP contribution in [0.1, 0.15) is 49.9 Å². The number of amides is 2. The zero-order chi connectivity index (χ0) is 31.3. The maximum atomic E-state index is 13.7. The van der Waals surface area contributed by atoms with Crippen LogP contribution in [0.25, 0.3) is 11.1 Å². The summed E-state index contributed by atoms with van der Waals surface area (Å²) >= 11 is 0. The molecule has 0 saturated carbocycles. The van der Waals surface area contributed by atoms with Gasteiger partial charge in [-0.3, -0.25) is 14.4 Å². The third-order valence-corrected chi connectivity index (χ3v) is 7.53. The van der Waals surface area contributed by atoms with Crippen molar-refractivity contribution in [3.05, 3.63) is 81.3 Å². The number of anilines is 1. The second-order valence-corrected chi connectivity index (χ2v) is 10.8. The molecule has 228 valence electrons. The van der Waals surface area contributed by atoms with Gasteiger partial charge in [0, 0.05) is 19.0 Å². The third-order valence-electron chi connectivity index (χ3n) is 7.53. The summed E-state index contributed by atoms with van der Waals surface area (Å²) in [6, 6.07) is 11.6. The van der Waals surface area contributed by atoms with Gasteiger partial charge in [-0.2, -0.15) is 0 Å². The number of carbonyl (C=O) groups is 2. The summed E-state index contributed by atoms with van der Waals surface area (Å²) in [5.74, 6) is 0.252. The van der Waals surface area contributed by atoms with Crippen molar-refractivity contribution < 1.29 is 28.2 Å². The fourth-order valence-corrected chi connectivity index (χ4v) is 5.48. The van der Waals surface area contributed by atoms with Crippen molar-refractivity contribution >= 4 is 17.5 Å². The molecule has 3 aromatic rings. The van der Waals surface area contributed by atoms with E-state index < -0.39 is 12.1 Å². The van der Waals surface area contributed by atoms with E-state index in [9.17, 15) is 18.8 Å². The predicted molar refractivity (Wildman–Crippen MR) is 163 cm³/mol. The van der Waals surface area contributed by atoms with Crippen LogP contribution in [0.2, 0.25) is 0 Å². The second kappa shape index (κ2) is 13.6. The molecular formula is C33H38FN3O6. The Hall–Kier alpha value is -4.60. The number of ether oxygens (including phenoxy) is 3. The average molecular weight is 592 g/mol. The summed E-state index contributed by atoms with van der Waals surface area (Å²) in [7, 11) is 4.62. The first-order valence-corrected chi connectivity index (χ1v) is 14.1.